The van der Waals surface area contributed by atoms with Crippen LogP contribution < -0.4 is 0 Å². The van der Waals surface area contributed by atoms with Crippen molar-refractivity contribution >= 4 is 15.8 Å². The highest BCUT2D eigenvalue weighted by Gasteiger charge is 2.27. The fourth-order valence-electron chi connectivity index (χ4n) is 2.21. The van der Waals surface area contributed by atoms with Crippen molar-refractivity contribution in [2.45, 2.75) is 18.2 Å². The quantitative estimate of drug-likeness (QED) is 0.784. The van der Waals surface area contributed by atoms with Gasteiger partial charge in [-0.2, -0.15) is 4.31 Å². The molecule has 1 aromatic rings. The van der Waals surface area contributed by atoms with Gasteiger partial charge < -0.3 is 4.90 Å². The van der Waals surface area contributed by atoms with E-state index in [-0.39, 0.29) is 10.7 Å². The van der Waals surface area contributed by atoms with Crippen molar-refractivity contribution in [2.75, 3.05) is 33.2 Å². The Kier molecular flexibility index (Phi) is 4.57. The molecule has 0 saturated carbocycles. The molecule has 0 atom stereocenters. The third-order valence-corrected chi connectivity index (χ3v) is 5.47. The zero-order valence-corrected chi connectivity index (χ0v) is 12.7. The van der Waals surface area contributed by atoms with Crippen molar-refractivity contribution in [1.29, 1.82) is 0 Å². The summed E-state index contributed by atoms with van der Waals surface area (Å²) in [6.07, 6.45) is 0.373. The van der Waals surface area contributed by atoms with Crippen LogP contribution in [0.5, 0.6) is 0 Å². The second kappa shape index (κ2) is 6.03. The van der Waals surface area contributed by atoms with Crippen LogP contribution in [0.2, 0.25) is 0 Å². The van der Waals surface area contributed by atoms with E-state index in [9.17, 15) is 13.2 Å². The maximum Gasteiger partial charge on any atom is 0.243 e. The molecule has 1 saturated heterocycles. The molecule has 20 heavy (non-hydrogen) atoms. The minimum absolute atomic E-state index is 0.0413. The van der Waals surface area contributed by atoms with Gasteiger partial charge in [-0.25, -0.2) is 8.42 Å². The van der Waals surface area contributed by atoms with Crippen LogP contribution in [0.1, 0.15) is 23.7 Å². The number of benzene rings is 1. The Bertz CT molecular complexity index is 590. The molecule has 1 aliphatic rings. The SMILES string of the molecule is CCC(=O)c1cccc(S(=O)(=O)N2CCN(C)CC2)c1. The molecular formula is C14H20N2O3S. The minimum Gasteiger partial charge on any atom is -0.304 e. The van der Waals surface area contributed by atoms with Gasteiger partial charge in [0, 0.05) is 38.2 Å². The number of hydrogen-bond acceptors (Lipinski definition) is 4. The summed E-state index contributed by atoms with van der Waals surface area (Å²) in [5, 5.41) is 0. The zero-order valence-electron chi connectivity index (χ0n) is 11.9. The number of hydrogen-bond donors (Lipinski definition) is 0. The average Bonchev–Trinajstić information content (AvgIpc) is 2.47. The summed E-state index contributed by atoms with van der Waals surface area (Å²) in [5.41, 5.74) is 0.461. The third kappa shape index (κ3) is 3.08. The highest BCUT2D eigenvalue weighted by atomic mass is 32.2. The molecule has 0 aromatic heterocycles. The number of rotatable bonds is 4. The van der Waals surface area contributed by atoms with Crippen LogP contribution in [0.25, 0.3) is 0 Å². The molecule has 0 N–H and O–H groups in total. The van der Waals surface area contributed by atoms with E-state index in [0.717, 1.165) is 13.1 Å². The van der Waals surface area contributed by atoms with Gasteiger partial charge in [0.2, 0.25) is 10.0 Å². The average molecular weight is 296 g/mol. The number of carbonyl (C=O) groups is 1. The maximum atomic E-state index is 12.6. The molecule has 0 spiro atoms. The Morgan fingerprint density at radius 1 is 1.20 bits per heavy atom. The van der Waals surface area contributed by atoms with E-state index in [4.69, 9.17) is 0 Å². The summed E-state index contributed by atoms with van der Waals surface area (Å²) in [5.74, 6) is -0.0413. The van der Waals surface area contributed by atoms with Crippen LogP contribution in [0.3, 0.4) is 0 Å². The lowest BCUT2D eigenvalue weighted by Gasteiger charge is -2.31. The second-order valence-electron chi connectivity index (χ2n) is 5.01. The second-order valence-corrected chi connectivity index (χ2v) is 6.95. The van der Waals surface area contributed by atoms with Crippen LogP contribution in [0, 0.1) is 0 Å². The van der Waals surface area contributed by atoms with E-state index in [1.54, 1.807) is 25.1 Å². The standard InChI is InChI=1S/C14H20N2O3S/c1-3-14(17)12-5-4-6-13(11-12)20(18,19)16-9-7-15(2)8-10-16/h4-6,11H,3,7-10H2,1-2H3. The summed E-state index contributed by atoms with van der Waals surface area (Å²) in [4.78, 5) is 14.0. The van der Waals surface area contributed by atoms with Crippen LogP contribution >= 0.6 is 0 Å². The highest BCUT2D eigenvalue weighted by Crippen LogP contribution is 2.19. The summed E-state index contributed by atoms with van der Waals surface area (Å²) < 4.78 is 26.6. The van der Waals surface area contributed by atoms with Crippen molar-refractivity contribution in [3.8, 4) is 0 Å². The smallest absolute Gasteiger partial charge is 0.243 e. The van der Waals surface area contributed by atoms with Gasteiger partial charge >= 0.3 is 0 Å². The lowest BCUT2D eigenvalue weighted by atomic mass is 10.1. The van der Waals surface area contributed by atoms with Crippen LogP contribution in [0.4, 0.5) is 0 Å². The topological polar surface area (TPSA) is 57.7 Å². The zero-order chi connectivity index (χ0) is 14.8. The Morgan fingerprint density at radius 2 is 1.85 bits per heavy atom. The molecule has 0 amide bonds. The Hall–Kier alpha value is -1.24. The van der Waals surface area contributed by atoms with E-state index in [2.05, 4.69) is 4.90 Å². The lowest BCUT2D eigenvalue weighted by Crippen LogP contribution is -2.47. The van der Waals surface area contributed by atoms with Crippen molar-refractivity contribution < 1.29 is 13.2 Å². The first-order valence-electron chi connectivity index (χ1n) is 6.77. The van der Waals surface area contributed by atoms with Gasteiger partial charge in [0.15, 0.2) is 5.78 Å². The molecule has 1 fully saturated rings. The number of ketones is 1. The molecule has 1 heterocycles. The molecule has 5 nitrogen and oxygen atoms in total. The molecule has 6 heteroatoms. The predicted octanol–water partition coefficient (Wildman–Crippen LogP) is 1.22. The van der Waals surface area contributed by atoms with Gasteiger partial charge in [-0.05, 0) is 19.2 Å². The summed E-state index contributed by atoms with van der Waals surface area (Å²) in [6.45, 7) is 4.21. The number of carbonyl (C=O) groups excluding carboxylic acids is 1. The van der Waals surface area contributed by atoms with Crippen LogP contribution in [-0.2, 0) is 10.0 Å². The van der Waals surface area contributed by atoms with Crippen molar-refractivity contribution in [3.63, 3.8) is 0 Å². The Balaban J connectivity index is 2.28. The maximum absolute atomic E-state index is 12.6. The van der Waals surface area contributed by atoms with Gasteiger partial charge in [0.1, 0.15) is 0 Å². The molecule has 0 radical (unpaired) electrons. The van der Waals surface area contributed by atoms with Gasteiger partial charge in [0.05, 0.1) is 4.90 Å². The molecule has 2 rings (SSSR count). The number of sulfonamides is 1. The first kappa shape index (κ1) is 15.2. The fraction of sp³-hybridized carbons (Fsp3) is 0.500. The third-order valence-electron chi connectivity index (χ3n) is 3.58. The van der Waals surface area contributed by atoms with Crippen LogP contribution in [0.15, 0.2) is 29.2 Å². The van der Waals surface area contributed by atoms with E-state index >= 15 is 0 Å². The minimum atomic E-state index is -3.50. The monoisotopic (exact) mass is 296 g/mol. The number of nitrogens with zero attached hydrogens (tertiary/aromatic N) is 2. The fourth-order valence-corrected chi connectivity index (χ4v) is 3.68. The first-order valence-corrected chi connectivity index (χ1v) is 8.21. The molecule has 0 unspecified atom stereocenters. The van der Waals surface area contributed by atoms with Gasteiger partial charge in [0.25, 0.3) is 0 Å². The Morgan fingerprint density at radius 3 is 2.45 bits per heavy atom. The molecule has 1 aromatic carbocycles. The Labute approximate surface area is 120 Å². The van der Waals surface area contributed by atoms with Gasteiger partial charge in [-0.15, -0.1) is 0 Å². The molecule has 0 aliphatic carbocycles. The van der Waals surface area contributed by atoms with Crippen molar-refractivity contribution in [3.05, 3.63) is 29.8 Å². The number of piperazine rings is 1. The van der Waals surface area contributed by atoms with Crippen LogP contribution in [-0.4, -0.2) is 56.6 Å². The number of Topliss-reactive ketones (excluding diaryl/α,β-unsaturated/α-hetero) is 1. The first-order chi connectivity index (χ1) is 9.45. The van der Waals surface area contributed by atoms with E-state index in [0.29, 0.717) is 25.1 Å². The molecule has 0 bridgehead atoms. The van der Waals surface area contributed by atoms with Crippen molar-refractivity contribution in [2.24, 2.45) is 0 Å². The summed E-state index contributed by atoms with van der Waals surface area (Å²) >= 11 is 0. The normalized spacial score (nSPS) is 18.1. The summed E-state index contributed by atoms with van der Waals surface area (Å²) in [6, 6.07) is 6.33. The van der Waals surface area contributed by atoms with Gasteiger partial charge in [-0.1, -0.05) is 19.1 Å². The van der Waals surface area contributed by atoms with Crippen molar-refractivity contribution in [1.82, 2.24) is 9.21 Å². The number of likely N-dealkylation sites (N-methyl/N-ethyl adjacent to an activating group) is 1. The van der Waals surface area contributed by atoms with E-state index in [1.807, 2.05) is 7.05 Å². The van der Waals surface area contributed by atoms with E-state index in [1.165, 1.54) is 10.4 Å². The van der Waals surface area contributed by atoms with Gasteiger partial charge in [-0.3, -0.25) is 4.79 Å². The van der Waals surface area contributed by atoms with E-state index < -0.39 is 10.0 Å². The predicted molar refractivity (Wildman–Crippen MR) is 77.3 cm³/mol. The molecular weight excluding hydrogens is 276 g/mol. The summed E-state index contributed by atoms with van der Waals surface area (Å²) in [7, 11) is -1.52. The largest absolute Gasteiger partial charge is 0.304 e. The molecule has 1 aliphatic heterocycles. The molecule has 110 valence electrons. The lowest BCUT2D eigenvalue weighted by molar-refractivity contribution is 0.0988. The highest BCUT2D eigenvalue weighted by molar-refractivity contribution is 7.89.